The molecule has 0 aliphatic heterocycles. The molecule has 0 spiro atoms. The number of hydrogen-bond acceptors (Lipinski definition) is 1. The Morgan fingerprint density at radius 2 is 1.85 bits per heavy atom. The predicted molar refractivity (Wildman–Crippen MR) is 103 cm³/mol. The van der Waals surface area contributed by atoms with Gasteiger partial charge in [0.25, 0.3) is 0 Å². The summed E-state index contributed by atoms with van der Waals surface area (Å²) in [6.45, 7) is 8.10. The van der Waals surface area contributed by atoms with Gasteiger partial charge in [-0.15, -0.1) is 0 Å². The van der Waals surface area contributed by atoms with Crippen molar-refractivity contribution in [1.29, 1.82) is 0 Å². The molecule has 1 heterocycles. The van der Waals surface area contributed by atoms with E-state index in [1.165, 1.54) is 6.07 Å². The zero-order valence-electron chi connectivity index (χ0n) is 16.0. The smallest absolute Gasteiger partial charge is 0.141 e. The molecule has 5 heteroatoms. The van der Waals surface area contributed by atoms with Crippen molar-refractivity contribution in [3.05, 3.63) is 40.8 Å². The standard InChI is InChI=1S/C21H27ClF2N2/c1-5-14(6-2)19-11-18(15-8-9-17(23)16(22)10-15)25-26(19)21(7-3)12-20(4,24)13-21/h8-11,14H,5-7,12-13H2,1-4H3. The second kappa shape index (κ2) is 6.95. The van der Waals surface area contributed by atoms with Crippen LogP contribution in [0.25, 0.3) is 11.3 Å². The van der Waals surface area contributed by atoms with Crippen LogP contribution in [0, 0.1) is 5.82 Å². The van der Waals surface area contributed by atoms with E-state index in [1.807, 2.05) is 0 Å². The maximum atomic E-state index is 14.4. The zero-order chi connectivity index (χ0) is 19.1. The Balaban J connectivity index is 2.10. The number of nitrogens with zero attached hydrogens (tertiary/aromatic N) is 2. The van der Waals surface area contributed by atoms with Crippen LogP contribution in [0.2, 0.25) is 5.02 Å². The first-order chi connectivity index (χ1) is 12.2. The topological polar surface area (TPSA) is 17.8 Å². The van der Waals surface area contributed by atoms with Crippen molar-refractivity contribution in [2.45, 2.75) is 76.9 Å². The average Bonchev–Trinajstić information content (AvgIpc) is 3.01. The number of hydrogen-bond donors (Lipinski definition) is 0. The van der Waals surface area contributed by atoms with Crippen LogP contribution in [-0.2, 0) is 5.54 Å². The Labute approximate surface area is 159 Å². The minimum Gasteiger partial charge on any atom is -0.262 e. The molecule has 0 atom stereocenters. The molecular formula is C21H27ClF2N2. The van der Waals surface area contributed by atoms with Gasteiger partial charge in [0.2, 0.25) is 0 Å². The first-order valence-corrected chi connectivity index (χ1v) is 9.88. The molecule has 0 N–H and O–H groups in total. The predicted octanol–water partition coefficient (Wildman–Crippen LogP) is 6.87. The second-order valence-electron chi connectivity index (χ2n) is 7.85. The highest BCUT2D eigenvalue weighted by Gasteiger charge is 2.54. The normalized spacial score (nSPS) is 25.5. The number of halogens is 3. The molecule has 0 radical (unpaired) electrons. The fraction of sp³-hybridized carbons (Fsp3) is 0.571. The van der Waals surface area contributed by atoms with Gasteiger partial charge in [-0.3, -0.25) is 4.68 Å². The fourth-order valence-corrected chi connectivity index (χ4v) is 4.62. The molecule has 1 saturated carbocycles. The lowest BCUT2D eigenvalue weighted by Crippen LogP contribution is -2.54. The SMILES string of the molecule is CCC(CC)c1cc(-c2ccc(F)c(Cl)c2)nn1C1(CC)CC(C)(F)C1. The number of rotatable bonds is 6. The van der Waals surface area contributed by atoms with E-state index in [1.54, 1.807) is 19.1 Å². The molecule has 0 amide bonds. The molecule has 0 bridgehead atoms. The second-order valence-corrected chi connectivity index (χ2v) is 8.26. The average molecular weight is 381 g/mol. The van der Waals surface area contributed by atoms with E-state index in [-0.39, 0.29) is 10.6 Å². The van der Waals surface area contributed by atoms with Gasteiger partial charge >= 0.3 is 0 Å². The maximum Gasteiger partial charge on any atom is 0.141 e. The van der Waals surface area contributed by atoms with Crippen molar-refractivity contribution < 1.29 is 8.78 Å². The van der Waals surface area contributed by atoms with Gasteiger partial charge in [-0.05, 0) is 50.5 Å². The summed E-state index contributed by atoms with van der Waals surface area (Å²) in [5, 5.41) is 4.96. The lowest BCUT2D eigenvalue weighted by molar-refractivity contribution is -0.0553. The van der Waals surface area contributed by atoms with Crippen molar-refractivity contribution in [3.63, 3.8) is 0 Å². The lowest BCUT2D eigenvalue weighted by Gasteiger charge is -2.51. The Morgan fingerprint density at radius 3 is 2.35 bits per heavy atom. The van der Waals surface area contributed by atoms with Crippen LogP contribution in [0.15, 0.2) is 24.3 Å². The third kappa shape index (κ3) is 3.28. The minimum absolute atomic E-state index is 0.0892. The van der Waals surface area contributed by atoms with Crippen LogP contribution in [0.4, 0.5) is 8.78 Å². The molecule has 1 aliphatic rings. The van der Waals surface area contributed by atoms with Crippen molar-refractivity contribution >= 4 is 11.6 Å². The molecular weight excluding hydrogens is 354 g/mol. The summed E-state index contributed by atoms with van der Waals surface area (Å²) in [6, 6.07) is 6.75. The third-order valence-corrected chi connectivity index (χ3v) is 6.15. The summed E-state index contributed by atoms with van der Waals surface area (Å²) in [5.41, 5.74) is 1.29. The quantitative estimate of drug-likeness (QED) is 0.534. The number of alkyl halides is 1. The van der Waals surface area contributed by atoms with Crippen LogP contribution in [-0.4, -0.2) is 15.4 Å². The largest absolute Gasteiger partial charge is 0.262 e. The van der Waals surface area contributed by atoms with Crippen molar-refractivity contribution in [1.82, 2.24) is 9.78 Å². The number of benzene rings is 1. The molecule has 0 saturated heterocycles. The molecule has 0 unspecified atom stereocenters. The van der Waals surface area contributed by atoms with E-state index in [0.29, 0.717) is 18.8 Å². The minimum atomic E-state index is -1.13. The summed E-state index contributed by atoms with van der Waals surface area (Å²) < 4.78 is 30.0. The number of aromatic nitrogens is 2. The monoisotopic (exact) mass is 380 g/mol. The molecule has 3 rings (SSSR count). The molecule has 1 aliphatic carbocycles. The molecule has 26 heavy (non-hydrogen) atoms. The van der Waals surface area contributed by atoms with Crippen molar-refractivity contribution in [3.8, 4) is 11.3 Å². The van der Waals surface area contributed by atoms with Gasteiger partial charge in [-0.25, -0.2) is 8.78 Å². The summed E-state index contributed by atoms with van der Waals surface area (Å²) in [7, 11) is 0. The van der Waals surface area contributed by atoms with Crippen LogP contribution < -0.4 is 0 Å². The van der Waals surface area contributed by atoms with Gasteiger partial charge in [-0.2, -0.15) is 5.10 Å². The highest BCUT2D eigenvalue weighted by Crippen LogP contribution is 2.52. The maximum absolute atomic E-state index is 14.4. The molecule has 1 fully saturated rings. The summed E-state index contributed by atoms with van der Waals surface area (Å²) in [4.78, 5) is 0. The van der Waals surface area contributed by atoms with Gasteiger partial charge < -0.3 is 0 Å². The Hall–Kier alpha value is -1.42. The summed E-state index contributed by atoms with van der Waals surface area (Å²) >= 11 is 5.96. The first-order valence-electron chi connectivity index (χ1n) is 9.50. The van der Waals surface area contributed by atoms with E-state index in [4.69, 9.17) is 16.7 Å². The zero-order valence-corrected chi connectivity index (χ0v) is 16.7. The Bertz CT molecular complexity index is 785. The van der Waals surface area contributed by atoms with Crippen LogP contribution in [0.3, 0.4) is 0 Å². The van der Waals surface area contributed by atoms with Gasteiger partial charge in [0.1, 0.15) is 11.5 Å². The highest BCUT2D eigenvalue weighted by atomic mass is 35.5. The van der Waals surface area contributed by atoms with Crippen LogP contribution in [0.1, 0.15) is 71.4 Å². The van der Waals surface area contributed by atoms with Gasteiger partial charge in [0.05, 0.1) is 16.3 Å². The Morgan fingerprint density at radius 1 is 1.19 bits per heavy atom. The van der Waals surface area contributed by atoms with E-state index in [2.05, 4.69) is 31.5 Å². The van der Waals surface area contributed by atoms with Gasteiger partial charge in [0.15, 0.2) is 0 Å². The lowest BCUT2D eigenvalue weighted by atomic mass is 9.65. The van der Waals surface area contributed by atoms with E-state index in [9.17, 15) is 8.78 Å². The van der Waals surface area contributed by atoms with Crippen molar-refractivity contribution in [2.24, 2.45) is 0 Å². The fourth-order valence-electron chi connectivity index (χ4n) is 4.44. The van der Waals surface area contributed by atoms with Crippen molar-refractivity contribution in [2.75, 3.05) is 0 Å². The summed E-state index contributed by atoms with van der Waals surface area (Å²) in [5.74, 6) is -0.0747. The molecule has 1 aromatic heterocycles. The highest BCUT2D eigenvalue weighted by molar-refractivity contribution is 6.31. The van der Waals surface area contributed by atoms with Gasteiger partial charge in [0, 0.05) is 30.0 Å². The molecule has 2 nitrogen and oxygen atoms in total. The molecule has 142 valence electrons. The van der Waals surface area contributed by atoms with E-state index < -0.39 is 11.5 Å². The molecule has 1 aromatic carbocycles. The van der Waals surface area contributed by atoms with Crippen LogP contribution in [0.5, 0.6) is 0 Å². The Kier molecular flexibility index (Phi) is 5.17. The van der Waals surface area contributed by atoms with E-state index >= 15 is 0 Å². The summed E-state index contributed by atoms with van der Waals surface area (Å²) in [6.07, 6.45) is 3.80. The van der Waals surface area contributed by atoms with E-state index in [0.717, 1.165) is 36.2 Å². The third-order valence-electron chi connectivity index (χ3n) is 5.86. The molecule has 2 aromatic rings. The first kappa shape index (κ1) is 19.3. The van der Waals surface area contributed by atoms with Gasteiger partial charge in [-0.1, -0.05) is 32.4 Å². The van der Waals surface area contributed by atoms with Crippen LogP contribution >= 0.6 is 11.6 Å².